The van der Waals surface area contributed by atoms with Crippen LogP contribution >= 0.6 is 12.6 Å². The maximum Gasteiger partial charge on any atom is 0.238 e. The molecule has 14 heavy (non-hydrogen) atoms. The van der Waals surface area contributed by atoms with Crippen LogP contribution in [0.15, 0.2) is 24.3 Å². The lowest BCUT2D eigenvalue weighted by molar-refractivity contribution is -0.0795. The predicted octanol–water partition coefficient (Wildman–Crippen LogP) is 1.76. The molecule has 0 amide bonds. The molecule has 1 aliphatic rings. The van der Waals surface area contributed by atoms with Crippen LogP contribution in [-0.4, -0.2) is 10.2 Å². The van der Waals surface area contributed by atoms with Crippen LogP contribution in [0, 0.1) is 0 Å². The van der Waals surface area contributed by atoms with Crippen molar-refractivity contribution in [3.8, 4) is 0 Å². The third-order valence-electron chi connectivity index (χ3n) is 2.97. The number of hydrogen-bond acceptors (Lipinski definition) is 3. The van der Waals surface area contributed by atoms with E-state index in [2.05, 4.69) is 19.6 Å². The van der Waals surface area contributed by atoms with Crippen LogP contribution in [0.1, 0.15) is 30.9 Å². The fourth-order valence-corrected chi connectivity index (χ4v) is 1.72. The molecule has 1 aromatic carbocycles. The number of hydrogen-bond donors (Lipinski definition) is 3. The van der Waals surface area contributed by atoms with Gasteiger partial charge in [0.1, 0.15) is 0 Å². The smallest absolute Gasteiger partial charge is 0.238 e. The number of benzene rings is 1. The van der Waals surface area contributed by atoms with Gasteiger partial charge in [-0.05, 0) is 23.8 Å². The molecule has 0 bridgehead atoms. The fourth-order valence-electron chi connectivity index (χ4n) is 1.57. The zero-order valence-corrected chi connectivity index (χ0v) is 8.96. The van der Waals surface area contributed by atoms with E-state index < -0.39 is 5.12 Å². The van der Waals surface area contributed by atoms with Gasteiger partial charge in [-0.2, -0.15) is 0 Å². The minimum atomic E-state index is -2.02. The van der Waals surface area contributed by atoms with E-state index >= 15 is 0 Å². The van der Waals surface area contributed by atoms with Gasteiger partial charge in [0, 0.05) is 5.56 Å². The summed E-state index contributed by atoms with van der Waals surface area (Å²) in [5.74, 6) is 0. The third-order valence-corrected chi connectivity index (χ3v) is 3.23. The summed E-state index contributed by atoms with van der Waals surface area (Å²) >= 11 is 3.68. The van der Waals surface area contributed by atoms with Crippen molar-refractivity contribution in [2.75, 3.05) is 0 Å². The van der Waals surface area contributed by atoms with Crippen LogP contribution < -0.4 is 0 Å². The summed E-state index contributed by atoms with van der Waals surface area (Å²) < 4.78 is 0. The molecule has 0 spiro atoms. The molecular formula is C11H14O2S. The second-order valence-corrected chi connectivity index (χ2v) is 4.90. The van der Waals surface area contributed by atoms with E-state index in [1.54, 1.807) is 12.1 Å². The Kier molecular flexibility index (Phi) is 2.14. The molecule has 76 valence electrons. The molecule has 1 saturated carbocycles. The molecule has 1 fully saturated rings. The molecule has 0 radical (unpaired) electrons. The Labute approximate surface area is 89.0 Å². The van der Waals surface area contributed by atoms with Crippen LogP contribution in [0.25, 0.3) is 0 Å². The van der Waals surface area contributed by atoms with Gasteiger partial charge in [0.05, 0.1) is 0 Å². The molecule has 2 N–H and O–H groups in total. The van der Waals surface area contributed by atoms with Gasteiger partial charge < -0.3 is 10.2 Å². The van der Waals surface area contributed by atoms with Gasteiger partial charge in [-0.15, -0.1) is 12.6 Å². The normalized spacial score (nSPS) is 19.4. The lowest BCUT2D eigenvalue weighted by Gasteiger charge is -2.16. The van der Waals surface area contributed by atoms with Crippen molar-refractivity contribution in [3.05, 3.63) is 35.4 Å². The van der Waals surface area contributed by atoms with Gasteiger partial charge >= 0.3 is 0 Å². The Morgan fingerprint density at radius 2 is 1.71 bits per heavy atom. The Bertz CT molecular complexity index is 309. The SMILES string of the molecule is CC1(c2ccc(C(O)(O)S)cc2)CC1. The second-order valence-electron chi connectivity index (χ2n) is 4.27. The molecule has 3 heteroatoms. The van der Waals surface area contributed by atoms with E-state index in [0.717, 1.165) is 0 Å². The Hall–Kier alpha value is -0.510. The number of aliphatic hydroxyl groups is 2. The highest BCUT2D eigenvalue weighted by Crippen LogP contribution is 2.47. The van der Waals surface area contributed by atoms with Crippen LogP contribution in [0.4, 0.5) is 0 Å². The summed E-state index contributed by atoms with van der Waals surface area (Å²) in [4.78, 5) is 0. The maximum absolute atomic E-state index is 9.22. The molecule has 0 atom stereocenters. The van der Waals surface area contributed by atoms with Crippen molar-refractivity contribution in [2.24, 2.45) is 0 Å². The van der Waals surface area contributed by atoms with Crippen LogP contribution in [0.2, 0.25) is 0 Å². The van der Waals surface area contributed by atoms with Crippen LogP contribution in [0.3, 0.4) is 0 Å². The summed E-state index contributed by atoms with van der Waals surface area (Å²) in [6.45, 7) is 2.22. The first-order valence-corrected chi connectivity index (χ1v) is 5.15. The predicted molar refractivity (Wildman–Crippen MR) is 58.1 cm³/mol. The van der Waals surface area contributed by atoms with Crippen LogP contribution in [-0.2, 0) is 10.5 Å². The number of rotatable bonds is 2. The number of thiol groups is 1. The summed E-state index contributed by atoms with van der Waals surface area (Å²) in [7, 11) is 0. The average molecular weight is 210 g/mol. The highest BCUT2D eigenvalue weighted by atomic mass is 32.1. The van der Waals surface area contributed by atoms with Crippen molar-refractivity contribution in [3.63, 3.8) is 0 Å². The van der Waals surface area contributed by atoms with Gasteiger partial charge in [0.25, 0.3) is 0 Å². The molecule has 2 rings (SSSR count). The molecule has 0 heterocycles. The van der Waals surface area contributed by atoms with Crippen molar-refractivity contribution in [1.29, 1.82) is 0 Å². The quantitative estimate of drug-likeness (QED) is 0.514. The van der Waals surface area contributed by atoms with Crippen molar-refractivity contribution < 1.29 is 10.2 Å². The van der Waals surface area contributed by atoms with Crippen LogP contribution in [0.5, 0.6) is 0 Å². The molecule has 2 nitrogen and oxygen atoms in total. The largest absolute Gasteiger partial charge is 0.354 e. The first-order chi connectivity index (χ1) is 6.42. The minimum absolute atomic E-state index is 0.322. The van der Waals surface area contributed by atoms with E-state index in [-0.39, 0.29) is 0 Å². The van der Waals surface area contributed by atoms with Crippen molar-refractivity contribution in [1.82, 2.24) is 0 Å². The zero-order valence-electron chi connectivity index (χ0n) is 8.07. The first-order valence-electron chi connectivity index (χ1n) is 4.70. The van der Waals surface area contributed by atoms with Gasteiger partial charge in [0.2, 0.25) is 5.12 Å². The van der Waals surface area contributed by atoms with Crippen molar-refractivity contribution >= 4 is 12.6 Å². The molecule has 0 unspecified atom stereocenters. The average Bonchev–Trinajstić information content (AvgIpc) is 2.84. The Morgan fingerprint density at radius 1 is 1.21 bits per heavy atom. The minimum Gasteiger partial charge on any atom is -0.354 e. The lowest BCUT2D eigenvalue weighted by Crippen LogP contribution is -2.16. The Balaban J connectivity index is 2.27. The summed E-state index contributed by atoms with van der Waals surface area (Å²) in [5.41, 5.74) is 2.00. The zero-order chi connectivity index (χ0) is 10.4. The molecular weight excluding hydrogens is 196 g/mol. The highest BCUT2D eigenvalue weighted by molar-refractivity contribution is 7.80. The Morgan fingerprint density at radius 3 is 2.07 bits per heavy atom. The van der Waals surface area contributed by atoms with E-state index in [4.69, 9.17) is 0 Å². The van der Waals surface area contributed by atoms with Crippen molar-refractivity contribution in [2.45, 2.75) is 30.3 Å². The van der Waals surface area contributed by atoms with Gasteiger partial charge in [-0.25, -0.2) is 0 Å². The van der Waals surface area contributed by atoms with E-state index in [0.29, 0.717) is 11.0 Å². The first kappa shape index (κ1) is 10.0. The maximum atomic E-state index is 9.22. The van der Waals surface area contributed by atoms with E-state index in [9.17, 15) is 10.2 Å². The van der Waals surface area contributed by atoms with E-state index in [1.807, 2.05) is 12.1 Å². The van der Waals surface area contributed by atoms with Gasteiger partial charge in [0.15, 0.2) is 0 Å². The monoisotopic (exact) mass is 210 g/mol. The molecule has 0 aromatic heterocycles. The highest BCUT2D eigenvalue weighted by Gasteiger charge is 2.38. The van der Waals surface area contributed by atoms with Gasteiger partial charge in [-0.1, -0.05) is 31.2 Å². The lowest BCUT2D eigenvalue weighted by atomic mass is 9.97. The summed E-state index contributed by atoms with van der Waals surface area (Å²) in [5, 5.41) is 16.4. The topological polar surface area (TPSA) is 40.5 Å². The molecule has 0 saturated heterocycles. The van der Waals surface area contributed by atoms with Gasteiger partial charge in [-0.3, -0.25) is 0 Å². The fraction of sp³-hybridized carbons (Fsp3) is 0.455. The second kappa shape index (κ2) is 2.99. The molecule has 1 aromatic rings. The van der Waals surface area contributed by atoms with E-state index in [1.165, 1.54) is 18.4 Å². The molecule has 1 aliphatic carbocycles. The third kappa shape index (κ3) is 1.80. The molecule has 0 aliphatic heterocycles. The summed E-state index contributed by atoms with van der Waals surface area (Å²) in [6.07, 6.45) is 2.44. The summed E-state index contributed by atoms with van der Waals surface area (Å²) in [6, 6.07) is 7.32. The standard InChI is InChI=1S/C11H14O2S/c1-10(6-7-10)8-2-4-9(5-3-8)11(12,13)14/h2-5,12-14H,6-7H2,1H3.